The summed E-state index contributed by atoms with van der Waals surface area (Å²) in [5, 5.41) is 11.9. The topological polar surface area (TPSA) is 62.2 Å². The second-order valence-corrected chi connectivity index (χ2v) is 4.57. The first-order valence-electron chi connectivity index (χ1n) is 6.13. The maximum atomic E-state index is 11.7. The Morgan fingerprint density at radius 1 is 1.53 bits per heavy atom. The van der Waals surface area contributed by atoms with Crippen LogP contribution in [0.25, 0.3) is 0 Å². The van der Waals surface area contributed by atoms with Crippen LogP contribution >= 0.6 is 0 Å². The predicted octanol–water partition coefficient (Wildman–Crippen LogP) is 2.09. The summed E-state index contributed by atoms with van der Waals surface area (Å²) in [5.74, 6) is 0.756. The van der Waals surface area contributed by atoms with Gasteiger partial charge in [-0.15, -0.1) is 0 Å². The third-order valence-electron chi connectivity index (χ3n) is 3.36. The van der Waals surface area contributed by atoms with Crippen molar-refractivity contribution in [2.75, 3.05) is 5.32 Å². The maximum absolute atomic E-state index is 11.7. The van der Waals surface area contributed by atoms with Crippen molar-refractivity contribution in [1.29, 1.82) is 0 Å². The van der Waals surface area contributed by atoms with Gasteiger partial charge in [0.2, 0.25) is 5.91 Å². The van der Waals surface area contributed by atoms with Gasteiger partial charge in [0.15, 0.2) is 0 Å². The molecule has 4 heteroatoms. The molecule has 4 nitrogen and oxygen atoms in total. The van der Waals surface area contributed by atoms with E-state index in [9.17, 15) is 4.79 Å². The van der Waals surface area contributed by atoms with Crippen LogP contribution in [0, 0.1) is 5.92 Å². The lowest BCUT2D eigenvalue weighted by atomic mass is 9.82. The average molecular weight is 234 g/mol. The Bertz CT molecular complexity index is 389. The van der Waals surface area contributed by atoms with E-state index in [1.807, 2.05) is 0 Å². The van der Waals surface area contributed by atoms with Gasteiger partial charge in [-0.3, -0.25) is 9.78 Å². The Hall–Kier alpha value is -1.42. The Kier molecular flexibility index (Phi) is 4.09. The molecule has 2 N–H and O–H groups in total. The first-order valence-corrected chi connectivity index (χ1v) is 6.13. The number of aliphatic hydroxyl groups excluding tert-OH is 1. The van der Waals surface area contributed by atoms with Crippen LogP contribution in [0.3, 0.4) is 0 Å². The summed E-state index contributed by atoms with van der Waals surface area (Å²) in [6.45, 7) is -0.0826. The molecule has 1 fully saturated rings. The number of amides is 1. The second kappa shape index (κ2) is 5.77. The highest BCUT2D eigenvalue weighted by Crippen LogP contribution is 2.30. The van der Waals surface area contributed by atoms with Crippen molar-refractivity contribution in [1.82, 2.24) is 4.98 Å². The van der Waals surface area contributed by atoms with Gasteiger partial charge in [0.05, 0.1) is 18.5 Å². The molecule has 0 radical (unpaired) electrons. The number of carbonyl (C=O) groups is 1. The number of nitrogens with one attached hydrogen (secondary N) is 1. The lowest BCUT2D eigenvalue weighted by molar-refractivity contribution is -0.116. The summed E-state index contributed by atoms with van der Waals surface area (Å²) < 4.78 is 0. The van der Waals surface area contributed by atoms with E-state index < -0.39 is 0 Å². The van der Waals surface area contributed by atoms with Crippen LogP contribution in [-0.2, 0) is 11.4 Å². The van der Waals surface area contributed by atoms with E-state index in [0.29, 0.717) is 17.7 Å². The van der Waals surface area contributed by atoms with Gasteiger partial charge in [-0.2, -0.15) is 0 Å². The van der Waals surface area contributed by atoms with E-state index in [2.05, 4.69) is 10.3 Å². The minimum Gasteiger partial charge on any atom is -0.392 e. The predicted molar refractivity (Wildman–Crippen MR) is 65.4 cm³/mol. The number of pyridine rings is 1. The monoisotopic (exact) mass is 234 g/mol. The molecule has 1 aliphatic rings. The van der Waals surface area contributed by atoms with Crippen LogP contribution < -0.4 is 5.32 Å². The molecule has 0 aliphatic heterocycles. The summed E-state index contributed by atoms with van der Waals surface area (Å²) in [4.78, 5) is 15.6. The van der Waals surface area contributed by atoms with Gasteiger partial charge >= 0.3 is 0 Å². The fourth-order valence-electron chi connectivity index (χ4n) is 2.00. The molecule has 1 heterocycles. The highest BCUT2D eigenvalue weighted by molar-refractivity contribution is 5.91. The number of anilines is 1. The van der Waals surface area contributed by atoms with E-state index in [1.54, 1.807) is 18.5 Å². The number of hydrogen-bond donors (Lipinski definition) is 2. The number of rotatable bonds is 5. The molecular weight excluding hydrogens is 216 g/mol. The lowest BCUT2D eigenvalue weighted by Crippen LogP contribution is -2.17. The van der Waals surface area contributed by atoms with Crippen molar-refractivity contribution in [3.63, 3.8) is 0 Å². The molecule has 0 atom stereocenters. The van der Waals surface area contributed by atoms with Crippen molar-refractivity contribution in [2.24, 2.45) is 5.92 Å². The first kappa shape index (κ1) is 12.0. The summed E-state index contributed by atoms with van der Waals surface area (Å²) in [6.07, 6.45) is 8.56. The normalized spacial score (nSPS) is 15.4. The van der Waals surface area contributed by atoms with Gasteiger partial charge in [0.25, 0.3) is 0 Å². The molecule has 1 aliphatic carbocycles. The van der Waals surface area contributed by atoms with Crippen molar-refractivity contribution >= 4 is 11.6 Å². The zero-order valence-electron chi connectivity index (χ0n) is 9.85. The van der Waals surface area contributed by atoms with Gasteiger partial charge < -0.3 is 10.4 Å². The minimum absolute atomic E-state index is 0.0135. The second-order valence-electron chi connectivity index (χ2n) is 4.57. The number of hydrogen-bond acceptors (Lipinski definition) is 3. The van der Waals surface area contributed by atoms with E-state index in [4.69, 9.17) is 5.11 Å². The molecule has 0 spiro atoms. The zero-order chi connectivity index (χ0) is 12.1. The SMILES string of the molecule is O=C(CCC1CCC1)Nc1cnccc1CO. The first-order chi connectivity index (χ1) is 8.29. The highest BCUT2D eigenvalue weighted by Gasteiger charge is 2.18. The third-order valence-corrected chi connectivity index (χ3v) is 3.36. The molecular formula is C13H18N2O2. The van der Waals surface area contributed by atoms with E-state index in [0.717, 1.165) is 12.3 Å². The minimum atomic E-state index is -0.0826. The molecule has 1 amide bonds. The Morgan fingerprint density at radius 3 is 3.00 bits per heavy atom. The number of carbonyl (C=O) groups excluding carboxylic acids is 1. The van der Waals surface area contributed by atoms with E-state index >= 15 is 0 Å². The standard InChI is InChI=1S/C13H18N2O2/c16-9-11-6-7-14-8-12(11)15-13(17)5-4-10-2-1-3-10/h6-8,10,16H,1-5,9H2,(H,15,17). The zero-order valence-corrected chi connectivity index (χ0v) is 9.85. The van der Waals surface area contributed by atoms with Gasteiger partial charge in [-0.25, -0.2) is 0 Å². The molecule has 1 aromatic rings. The molecule has 1 aromatic heterocycles. The van der Waals surface area contributed by atoms with Gasteiger partial charge in [0.1, 0.15) is 0 Å². The largest absolute Gasteiger partial charge is 0.392 e. The molecule has 92 valence electrons. The molecule has 0 aromatic carbocycles. The summed E-state index contributed by atoms with van der Waals surface area (Å²) in [6, 6.07) is 1.71. The van der Waals surface area contributed by atoms with Crippen LogP contribution in [-0.4, -0.2) is 16.0 Å². The van der Waals surface area contributed by atoms with Gasteiger partial charge in [0, 0.05) is 18.2 Å². The van der Waals surface area contributed by atoms with Crippen LogP contribution in [0.15, 0.2) is 18.5 Å². The molecule has 0 saturated heterocycles. The van der Waals surface area contributed by atoms with Gasteiger partial charge in [-0.1, -0.05) is 19.3 Å². The van der Waals surface area contributed by atoms with Gasteiger partial charge in [-0.05, 0) is 18.4 Å². The number of nitrogens with zero attached hydrogens (tertiary/aromatic N) is 1. The summed E-state index contributed by atoms with van der Waals surface area (Å²) >= 11 is 0. The molecule has 2 rings (SSSR count). The van der Waals surface area contributed by atoms with Crippen molar-refractivity contribution in [3.8, 4) is 0 Å². The van der Waals surface area contributed by atoms with Crippen molar-refractivity contribution < 1.29 is 9.90 Å². The molecule has 0 unspecified atom stereocenters. The molecule has 1 saturated carbocycles. The van der Waals surface area contributed by atoms with Crippen molar-refractivity contribution in [3.05, 3.63) is 24.0 Å². The lowest BCUT2D eigenvalue weighted by Gasteiger charge is -2.24. The van der Waals surface area contributed by atoms with Crippen LogP contribution in [0.5, 0.6) is 0 Å². The summed E-state index contributed by atoms with van der Waals surface area (Å²) in [5.41, 5.74) is 1.32. The third kappa shape index (κ3) is 3.27. The fraction of sp³-hybridized carbons (Fsp3) is 0.538. The average Bonchev–Trinajstić information content (AvgIpc) is 2.27. The molecule has 17 heavy (non-hydrogen) atoms. The van der Waals surface area contributed by atoms with Crippen LogP contribution in [0.2, 0.25) is 0 Å². The Morgan fingerprint density at radius 2 is 2.35 bits per heavy atom. The smallest absolute Gasteiger partial charge is 0.224 e. The molecule has 0 bridgehead atoms. The van der Waals surface area contributed by atoms with E-state index in [1.165, 1.54) is 19.3 Å². The summed E-state index contributed by atoms with van der Waals surface area (Å²) in [7, 11) is 0. The van der Waals surface area contributed by atoms with Crippen molar-refractivity contribution in [2.45, 2.75) is 38.7 Å². The Balaban J connectivity index is 1.84. The van der Waals surface area contributed by atoms with Crippen LogP contribution in [0.1, 0.15) is 37.7 Å². The number of aromatic nitrogens is 1. The quantitative estimate of drug-likeness (QED) is 0.820. The van der Waals surface area contributed by atoms with E-state index in [-0.39, 0.29) is 12.5 Å². The maximum Gasteiger partial charge on any atom is 0.224 e. The fourth-order valence-corrected chi connectivity index (χ4v) is 2.00. The van der Waals surface area contributed by atoms with Crippen LogP contribution in [0.4, 0.5) is 5.69 Å². The highest BCUT2D eigenvalue weighted by atomic mass is 16.3. The Labute approximate surface area is 101 Å². The number of aliphatic hydroxyl groups is 1.